The molecule has 22 nitrogen and oxygen atoms in total. The van der Waals surface area contributed by atoms with Gasteiger partial charge in [0.05, 0.1) is 6.42 Å². The number of nitrogens with one attached hydrogen (secondary N) is 9. The Hall–Kier alpha value is -8.04. The molecule has 2 heterocycles. The summed E-state index contributed by atoms with van der Waals surface area (Å²) in [6, 6.07) is 13.0. The number of guanidine groups is 1. The van der Waals surface area contributed by atoms with E-state index >= 15 is 0 Å². The highest BCUT2D eigenvalue weighted by atomic mass is 16.2. The van der Waals surface area contributed by atoms with Crippen LogP contribution >= 0.6 is 0 Å². The van der Waals surface area contributed by atoms with E-state index in [-0.39, 0.29) is 77.0 Å². The van der Waals surface area contributed by atoms with Gasteiger partial charge in [0.2, 0.25) is 53.2 Å². The first kappa shape index (κ1) is 55.9. The molecule has 0 saturated carbocycles. The van der Waals surface area contributed by atoms with Crippen LogP contribution in [-0.4, -0.2) is 120 Å². The highest BCUT2D eigenvalue weighted by Crippen LogP contribution is 2.21. The molecule has 0 aliphatic carbocycles. The molecule has 9 amide bonds. The van der Waals surface area contributed by atoms with E-state index in [0.29, 0.717) is 24.0 Å². The molecule has 1 fully saturated rings. The number of H-pyrrole nitrogens is 1. The fourth-order valence-corrected chi connectivity index (χ4v) is 8.47. The fourth-order valence-electron chi connectivity index (χ4n) is 8.47. The van der Waals surface area contributed by atoms with E-state index in [4.69, 9.17) is 17.2 Å². The van der Waals surface area contributed by atoms with Gasteiger partial charge in [0, 0.05) is 62.9 Å². The van der Waals surface area contributed by atoms with Crippen molar-refractivity contribution in [3.8, 4) is 0 Å². The van der Waals surface area contributed by atoms with Gasteiger partial charge in [-0.05, 0) is 66.5 Å². The molecule has 6 atom stereocenters. The van der Waals surface area contributed by atoms with Crippen LogP contribution in [0.2, 0.25) is 0 Å². The number of hydrogen-bond donors (Lipinski definition) is 12. The van der Waals surface area contributed by atoms with Crippen LogP contribution in [0, 0.1) is 0 Å². The number of aromatic nitrogens is 1. The van der Waals surface area contributed by atoms with E-state index in [1.54, 1.807) is 6.20 Å². The molecule has 73 heavy (non-hydrogen) atoms. The number of fused-ring (bicyclic) bond motifs is 2. The number of carbonyl (C=O) groups is 9. The Morgan fingerprint density at radius 3 is 2.18 bits per heavy atom. The summed E-state index contributed by atoms with van der Waals surface area (Å²) in [6.45, 7) is 3.07. The van der Waals surface area contributed by atoms with Gasteiger partial charge < -0.3 is 64.7 Å². The first-order valence-corrected chi connectivity index (χ1v) is 24.7. The number of rotatable bonds is 15. The summed E-state index contributed by atoms with van der Waals surface area (Å²) in [5.41, 5.74) is 19.1. The lowest BCUT2D eigenvalue weighted by atomic mass is 10.00. The summed E-state index contributed by atoms with van der Waals surface area (Å²) in [5, 5.41) is 24.1. The second-order valence-electron chi connectivity index (χ2n) is 18.2. The maximum atomic E-state index is 14.5. The monoisotopic (exact) mass is 1010 g/mol. The average Bonchev–Trinajstić information content (AvgIpc) is 3.76. The van der Waals surface area contributed by atoms with Gasteiger partial charge in [-0.3, -0.25) is 48.1 Å². The maximum Gasteiger partial charge on any atom is 0.243 e. The van der Waals surface area contributed by atoms with Crippen molar-refractivity contribution in [2.24, 2.45) is 22.2 Å². The van der Waals surface area contributed by atoms with E-state index in [1.807, 2.05) is 73.7 Å². The van der Waals surface area contributed by atoms with Crippen molar-refractivity contribution < 1.29 is 43.2 Å². The predicted octanol–water partition coefficient (Wildman–Crippen LogP) is -0.0394. The molecule has 5 rings (SSSR count). The van der Waals surface area contributed by atoms with Gasteiger partial charge in [0.25, 0.3) is 0 Å². The molecule has 0 spiro atoms. The Morgan fingerprint density at radius 1 is 0.740 bits per heavy atom. The second-order valence-corrected chi connectivity index (χ2v) is 18.2. The summed E-state index contributed by atoms with van der Waals surface area (Å²) < 4.78 is 0. The molecule has 1 saturated heterocycles. The minimum absolute atomic E-state index is 0.0131. The summed E-state index contributed by atoms with van der Waals surface area (Å²) in [4.78, 5) is 130. The number of nitrogens with zero attached hydrogens (tertiary/aromatic N) is 1. The summed E-state index contributed by atoms with van der Waals surface area (Å²) in [6.07, 6.45) is 3.21. The molecule has 0 bridgehead atoms. The van der Waals surface area contributed by atoms with Crippen molar-refractivity contribution in [2.75, 3.05) is 19.6 Å². The molecule has 3 aromatic carbocycles. The van der Waals surface area contributed by atoms with Gasteiger partial charge in [-0.1, -0.05) is 80.4 Å². The Labute approximate surface area is 423 Å². The molecule has 22 heteroatoms. The molecule has 5 unspecified atom stereocenters. The van der Waals surface area contributed by atoms with Crippen molar-refractivity contribution in [2.45, 2.75) is 127 Å². The SMILES string of the molecule is CCCCC(NC(C)=O)C(=O)NC1CC(=O)NCCCCC(C(N)=O)NC(=O)[C@H](Cc2c[nH]c3ccccc23)NC(=O)C(CCCN=C(N)N)NC(=O)C(Cc2ccc3ccccc3c2)NC(=O)CCNC1=O. The zero-order valence-electron chi connectivity index (χ0n) is 41.4. The van der Waals surface area contributed by atoms with Gasteiger partial charge in [0.15, 0.2) is 5.96 Å². The Morgan fingerprint density at radius 2 is 1.44 bits per heavy atom. The lowest BCUT2D eigenvalue weighted by Gasteiger charge is -2.26. The van der Waals surface area contributed by atoms with E-state index < -0.39 is 95.8 Å². The number of unbranched alkanes of at least 4 members (excludes halogenated alkanes) is 1. The molecule has 1 aliphatic rings. The molecule has 392 valence electrons. The van der Waals surface area contributed by atoms with Crippen molar-refractivity contribution in [3.05, 3.63) is 84.1 Å². The van der Waals surface area contributed by atoms with E-state index in [1.165, 1.54) is 6.92 Å². The fraction of sp³-hybridized carbons (Fsp3) is 0.451. The summed E-state index contributed by atoms with van der Waals surface area (Å²) >= 11 is 0. The Kier molecular flexibility index (Phi) is 21.5. The van der Waals surface area contributed by atoms with Gasteiger partial charge in [-0.25, -0.2) is 0 Å². The topological polar surface area (TPSA) is 356 Å². The minimum Gasteiger partial charge on any atom is -0.370 e. The first-order valence-electron chi connectivity index (χ1n) is 24.7. The van der Waals surface area contributed by atoms with Crippen LogP contribution in [0.1, 0.15) is 89.2 Å². The minimum atomic E-state index is -1.42. The molecule has 1 aromatic heterocycles. The first-order chi connectivity index (χ1) is 35.0. The van der Waals surface area contributed by atoms with Gasteiger partial charge >= 0.3 is 0 Å². The predicted molar refractivity (Wildman–Crippen MR) is 275 cm³/mol. The number of benzene rings is 3. The van der Waals surface area contributed by atoms with Crippen LogP contribution in [-0.2, 0) is 56.0 Å². The lowest BCUT2D eigenvalue weighted by molar-refractivity contribution is -0.134. The molecule has 4 aromatic rings. The van der Waals surface area contributed by atoms with Crippen molar-refractivity contribution in [1.82, 2.24) is 47.5 Å². The quantitative estimate of drug-likeness (QED) is 0.0426. The highest BCUT2D eigenvalue weighted by molar-refractivity contribution is 5.97. The number of amides is 9. The third kappa shape index (κ3) is 17.9. The van der Waals surface area contributed by atoms with Gasteiger partial charge in [0.1, 0.15) is 36.3 Å². The number of para-hydroxylation sites is 1. The molecule has 0 radical (unpaired) electrons. The van der Waals surface area contributed by atoms with Gasteiger partial charge in [-0.2, -0.15) is 0 Å². The van der Waals surface area contributed by atoms with Crippen molar-refractivity contribution in [1.29, 1.82) is 0 Å². The zero-order valence-corrected chi connectivity index (χ0v) is 41.4. The average molecular weight is 1010 g/mol. The number of hydrogen-bond acceptors (Lipinski definition) is 10. The third-order valence-corrected chi connectivity index (χ3v) is 12.3. The Balaban J connectivity index is 1.48. The van der Waals surface area contributed by atoms with Gasteiger partial charge in [-0.15, -0.1) is 0 Å². The number of aromatic amines is 1. The molecular formula is C51H69N13O9. The number of nitrogens with two attached hydrogens (primary N) is 3. The van der Waals surface area contributed by atoms with Crippen LogP contribution in [0.15, 0.2) is 77.9 Å². The maximum absolute atomic E-state index is 14.5. The van der Waals surface area contributed by atoms with Crippen molar-refractivity contribution >= 4 is 80.8 Å². The normalized spacial score (nSPS) is 20.7. The van der Waals surface area contributed by atoms with Crippen LogP contribution in [0.25, 0.3) is 21.7 Å². The number of primary amides is 1. The van der Waals surface area contributed by atoms with E-state index in [2.05, 4.69) is 52.5 Å². The summed E-state index contributed by atoms with van der Waals surface area (Å²) in [7, 11) is 0. The molecule has 15 N–H and O–H groups in total. The third-order valence-electron chi connectivity index (χ3n) is 12.3. The molecular weight excluding hydrogens is 939 g/mol. The summed E-state index contributed by atoms with van der Waals surface area (Å²) in [5.74, 6) is -6.47. The van der Waals surface area contributed by atoms with Crippen LogP contribution in [0.4, 0.5) is 0 Å². The molecule has 1 aliphatic heterocycles. The van der Waals surface area contributed by atoms with E-state index in [9.17, 15) is 43.2 Å². The number of aliphatic imine (C=N–C) groups is 1. The van der Waals surface area contributed by atoms with Crippen LogP contribution in [0.3, 0.4) is 0 Å². The zero-order chi connectivity index (χ0) is 52.9. The standard InChI is InChI=1S/C51H69N13O9/c1-3-4-15-38(59-30(2)65)47(70)64-42-28-44(67)55-22-10-9-17-37(45(52)68)61-50(73)41(27-34-29-58-36-16-8-7-14-35(34)36)63-48(71)39(18-11-23-57-51(53)54)62-49(72)40(60-43(66)21-24-56-46(42)69)26-31-19-20-32-12-5-6-13-33(32)25-31/h5-8,12-14,16,19-20,25,29,37-42,58H,3-4,9-11,15,17-18,21-24,26-28H2,1-2H3,(H2,52,68)(H,55,67)(H,56,69)(H,59,65)(H,60,66)(H,61,73)(H,62,72)(H,63,71)(H,64,70)(H4,53,54,57)/t37?,38?,39?,40?,41-,42?/m0/s1. The number of carbonyl (C=O) groups excluding carboxylic acids is 9. The smallest absolute Gasteiger partial charge is 0.243 e. The van der Waals surface area contributed by atoms with Crippen LogP contribution < -0.4 is 59.7 Å². The van der Waals surface area contributed by atoms with Crippen molar-refractivity contribution in [3.63, 3.8) is 0 Å². The van der Waals surface area contributed by atoms with Crippen LogP contribution in [0.5, 0.6) is 0 Å². The second kappa shape index (κ2) is 28.1. The Bertz CT molecular complexity index is 2630. The lowest BCUT2D eigenvalue weighted by Crippen LogP contribution is -2.59. The highest BCUT2D eigenvalue weighted by Gasteiger charge is 2.33. The largest absolute Gasteiger partial charge is 0.370 e. The van der Waals surface area contributed by atoms with E-state index in [0.717, 1.165) is 28.1 Å².